The molecule has 2 heterocycles. The highest BCUT2D eigenvalue weighted by Crippen LogP contribution is 2.37. The molecule has 1 N–H and O–H groups in total. The van der Waals surface area contributed by atoms with Gasteiger partial charge in [-0.1, -0.05) is 24.3 Å². The van der Waals surface area contributed by atoms with Crippen molar-refractivity contribution in [3.05, 3.63) is 106 Å². The second-order valence-electron chi connectivity index (χ2n) is 11.7. The van der Waals surface area contributed by atoms with Crippen LogP contribution in [0.15, 0.2) is 66.7 Å². The van der Waals surface area contributed by atoms with Crippen LogP contribution in [0.1, 0.15) is 56.6 Å². The molecule has 3 aromatic carbocycles. The van der Waals surface area contributed by atoms with Crippen molar-refractivity contribution < 1.29 is 53.8 Å². The van der Waals surface area contributed by atoms with Gasteiger partial charge in [-0.2, -0.15) is 39.5 Å². The van der Waals surface area contributed by atoms with E-state index >= 15 is 0 Å². The first kappa shape index (κ1) is 34.1. The summed E-state index contributed by atoms with van der Waals surface area (Å²) in [6.07, 6.45) is -13.9. The van der Waals surface area contributed by atoms with Crippen molar-refractivity contribution in [1.82, 2.24) is 15.1 Å². The summed E-state index contributed by atoms with van der Waals surface area (Å²) in [5, 5.41) is 2.33. The fourth-order valence-electron chi connectivity index (χ4n) is 5.64. The van der Waals surface area contributed by atoms with Crippen LogP contribution < -0.4 is 5.32 Å². The molecule has 2 fully saturated rings. The lowest BCUT2D eigenvalue weighted by molar-refractivity contribution is -0.143. The number of piperidine rings is 1. The average molecular weight is 674 g/mol. The van der Waals surface area contributed by atoms with Crippen LogP contribution in [0.4, 0.5) is 44.3 Å². The Balaban J connectivity index is 1.13. The van der Waals surface area contributed by atoms with Crippen molar-refractivity contribution in [3.8, 4) is 0 Å². The van der Waals surface area contributed by atoms with E-state index in [1.54, 1.807) is 12.1 Å². The second kappa shape index (κ2) is 12.7. The molecule has 252 valence electrons. The SMILES string of the molecule is O=C(NCc1cc(C(F)(F)F)cc(C(F)(F)F)c1)c1ccc(CN2CC3(CCN(Cc4ccc(C(F)(F)F)cc4)CC3)OC2=O)cc1. The van der Waals surface area contributed by atoms with Crippen molar-refractivity contribution in [2.45, 2.75) is 56.6 Å². The summed E-state index contributed by atoms with van der Waals surface area (Å²) in [6.45, 7) is 1.52. The van der Waals surface area contributed by atoms with Crippen LogP contribution in [-0.4, -0.2) is 47.0 Å². The van der Waals surface area contributed by atoms with E-state index < -0.39 is 59.4 Å². The normalized spacial score (nSPS) is 17.2. The highest BCUT2D eigenvalue weighted by atomic mass is 19.4. The van der Waals surface area contributed by atoms with Crippen molar-refractivity contribution in [2.24, 2.45) is 0 Å². The third kappa shape index (κ3) is 8.37. The molecule has 0 aromatic heterocycles. The Bertz CT molecular complexity index is 1560. The van der Waals surface area contributed by atoms with Crippen LogP contribution in [0.3, 0.4) is 0 Å². The molecule has 0 atom stereocenters. The quantitative estimate of drug-likeness (QED) is 0.262. The van der Waals surface area contributed by atoms with Crippen molar-refractivity contribution >= 4 is 12.0 Å². The molecule has 3 aromatic rings. The largest absolute Gasteiger partial charge is 0.441 e. The molecule has 0 radical (unpaired) electrons. The molecule has 2 amide bonds. The summed E-state index contributed by atoms with van der Waals surface area (Å²) in [4.78, 5) is 28.9. The third-order valence-electron chi connectivity index (χ3n) is 8.19. The molecule has 2 aliphatic heterocycles. The zero-order valence-electron chi connectivity index (χ0n) is 24.5. The Morgan fingerprint density at radius 2 is 1.21 bits per heavy atom. The van der Waals surface area contributed by atoms with Gasteiger partial charge in [0, 0.05) is 51.1 Å². The van der Waals surface area contributed by atoms with Gasteiger partial charge in [-0.15, -0.1) is 0 Å². The van der Waals surface area contributed by atoms with Gasteiger partial charge in [0.25, 0.3) is 5.91 Å². The Labute approximate surface area is 263 Å². The number of alkyl halides is 9. The lowest BCUT2D eigenvalue weighted by Gasteiger charge is -2.37. The van der Waals surface area contributed by atoms with E-state index in [0.717, 1.165) is 17.7 Å². The summed E-state index contributed by atoms with van der Waals surface area (Å²) in [5.74, 6) is -0.717. The van der Waals surface area contributed by atoms with Crippen molar-refractivity contribution in [2.75, 3.05) is 19.6 Å². The molecule has 0 saturated carbocycles. The number of rotatable bonds is 7. The number of likely N-dealkylation sites (tertiary alicyclic amines) is 1. The third-order valence-corrected chi connectivity index (χ3v) is 8.19. The summed E-state index contributed by atoms with van der Waals surface area (Å²) in [6, 6.07) is 12.1. The van der Waals surface area contributed by atoms with E-state index in [1.165, 1.54) is 29.2 Å². The number of halogens is 9. The molecule has 5 rings (SSSR count). The predicted molar refractivity (Wildman–Crippen MR) is 150 cm³/mol. The first-order chi connectivity index (χ1) is 21.9. The van der Waals surface area contributed by atoms with E-state index in [0.29, 0.717) is 56.7 Å². The van der Waals surface area contributed by atoms with Gasteiger partial charge >= 0.3 is 24.6 Å². The molecule has 0 bridgehead atoms. The Hall–Kier alpha value is -4.27. The molecule has 0 aliphatic carbocycles. The molecule has 2 aliphatic rings. The Kier molecular flexibility index (Phi) is 9.23. The van der Waals surface area contributed by atoms with Gasteiger partial charge in [0.15, 0.2) is 0 Å². The van der Waals surface area contributed by atoms with E-state index in [-0.39, 0.29) is 23.7 Å². The molecule has 1 spiro atoms. The summed E-state index contributed by atoms with van der Waals surface area (Å²) in [5.41, 5.74) is -3.25. The smallest absolute Gasteiger partial charge is 0.416 e. The van der Waals surface area contributed by atoms with Gasteiger partial charge in [0.05, 0.1) is 23.2 Å². The maximum Gasteiger partial charge on any atom is 0.416 e. The van der Waals surface area contributed by atoms with E-state index in [1.807, 2.05) is 0 Å². The highest BCUT2D eigenvalue weighted by Gasteiger charge is 2.47. The fraction of sp³-hybridized carbons (Fsp3) is 0.375. The minimum absolute atomic E-state index is 0.0118. The van der Waals surface area contributed by atoms with Gasteiger partial charge in [0.1, 0.15) is 5.60 Å². The maximum atomic E-state index is 13.1. The number of carbonyl (C=O) groups excluding carboxylic acids is 2. The number of amides is 2. The van der Waals surface area contributed by atoms with E-state index in [9.17, 15) is 49.1 Å². The topological polar surface area (TPSA) is 61.9 Å². The van der Waals surface area contributed by atoms with Crippen LogP contribution in [-0.2, 0) is 42.9 Å². The number of nitrogens with zero attached hydrogens (tertiary/aromatic N) is 2. The summed E-state index contributed by atoms with van der Waals surface area (Å²) in [7, 11) is 0. The highest BCUT2D eigenvalue weighted by molar-refractivity contribution is 5.94. The van der Waals surface area contributed by atoms with Gasteiger partial charge < -0.3 is 10.1 Å². The lowest BCUT2D eigenvalue weighted by atomic mass is 9.91. The van der Waals surface area contributed by atoms with Gasteiger partial charge in [-0.25, -0.2) is 4.79 Å². The number of hydrogen-bond donors (Lipinski definition) is 1. The minimum Gasteiger partial charge on any atom is -0.441 e. The molecule has 6 nitrogen and oxygen atoms in total. The zero-order chi connectivity index (χ0) is 34.2. The predicted octanol–water partition coefficient (Wildman–Crippen LogP) is 7.66. The molecule has 15 heteroatoms. The van der Waals surface area contributed by atoms with Crippen molar-refractivity contribution in [3.63, 3.8) is 0 Å². The summed E-state index contributed by atoms with van der Waals surface area (Å²) >= 11 is 0. The first-order valence-electron chi connectivity index (χ1n) is 14.4. The molecule has 0 unspecified atom stereocenters. The Morgan fingerprint density at radius 1 is 0.702 bits per heavy atom. The number of nitrogens with one attached hydrogen (secondary N) is 1. The molecular weight excluding hydrogens is 645 g/mol. The number of benzene rings is 3. The monoisotopic (exact) mass is 673 g/mol. The lowest BCUT2D eigenvalue weighted by Crippen LogP contribution is -2.46. The Morgan fingerprint density at radius 3 is 1.74 bits per heavy atom. The standard InChI is InChI=1S/C32H28F9N3O3/c33-30(34,35)24-7-3-20(4-8-24)17-43-11-9-29(10-12-43)19-44(28(46)47-29)18-21-1-5-23(6-2-21)27(45)42-16-22-13-25(31(36,37)38)15-26(14-22)32(39,40)41/h1-8,13-15H,9-12,16-19H2,(H,42,45). The summed E-state index contributed by atoms with van der Waals surface area (Å²) < 4.78 is 123. The van der Waals surface area contributed by atoms with Gasteiger partial charge in [-0.3, -0.25) is 14.6 Å². The molecule has 2 saturated heterocycles. The molecular formula is C32H28F9N3O3. The second-order valence-corrected chi connectivity index (χ2v) is 11.7. The van der Waals surface area contributed by atoms with Gasteiger partial charge in [-0.05, 0) is 59.2 Å². The van der Waals surface area contributed by atoms with Crippen LogP contribution in [0.2, 0.25) is 0 Å². The number of carbonyl (C=O) groups is 2. The maximum absolute atomic E-state index is 13.1. The number of ether oxygens (including phenoxy) is 1. The van der Waals surface area contributed by atoms with Crippen LogP contribution in [0.5, 0.6) is 0 Å². The first-order valence-corrected chi connectivity index (χ1v) is 14.4. The van der Waals surface area contributed by atoms with Crippen LogP contribution in [0, 0.1) is 0 Å². The zero-order valence-corrected chi connectivity index (χ0v) is 24.5. The molecule has 47 heavy (non-hydrogen) atoms. The van der Waals surface area contributed by atoms with Crippen molar-refractivity contribution in [1.29, 1.82) is 0 Å². The van der Waals surface area contributed by atoms with Crippen LogP contribution in [0.25, 0.3) is 0 Å². The van der Waals surface area contributed by atoms with Crippen LogP contribution >= 0.6 is 0 Å². The van der Waals surface area contributed by atoms with Gasteiger partial charge in [0.2, 0.25) is 0 Å². The number of hydrogen-bond acceptors (Lipinski definition) is 4. The van der Waals surface area contributed by atoms with E-state index in [2.05, 4.69) is 10.2 Å². The fourth-order valence-corrected chi connectivity index (χ4v) is 5.64. The minimum atomic E-state index is -5.01. The average Bonchev–Trinajstić information content (AvgIpc) is 3.30. The van der Waals surface area contributed by atoms with E-state index in [4.69, 9.17) is 4.74 Å².